The quantitative estimate of drug-likeness (QED) is 0.138. The fraction of sp³-hybridized carbons (Fsp3) is 0.952. The van der Waals surface area contributed by atoms with Gasteiger partial charge in [0.15, 0.2) is 18.9 Å². The van der Waals surface area contributed by atoms with E-state index in [0.29, 0.717) is 0 Å². The van der Waals surface area contributed by atoms with Crippen LogP contribution in [0.1, 0.15) is 13.8 Å². The molecular formula is C21H37NO15. The summed E-state index contributed by atoms with van der Waals surface area (Å²) in [5, 5.41) is 83.5. The van der Waals surface area contributed by atoms with Crippen molar-refractivity contribution in [3.8, 4) is 0 Å². The highest BCUT2D eigenvalue weighted by Crippen LogP contribution is 2.33. The van der Waals surface area contributed by atoms with Crippen molar-refractivity contribution in [2.24, 2.45) is 0 Å². The Bertz CT molecular complexity index is 745. The standard InChI is InChI=1S/C21H37NO15/c1-6-11(26)13(28)15(30)20(33-6)37-18-10(22-7(2)25)19(32-3)35-9(5-24)17(18)36-21-16(31)14(29)12(27)8(4-23)34-21/h6,8-21,23-24,26-31H,4-5H2,1-3H3,(H,22,25)/t6?,8?,9?,10?,11-,12-,13?,14?,15?,16?,17-,18?,19+,20-,21-/m0/s1. The molecule has 0 aromatic carbocycles. The number of aliphatic hydroxyl groups is 8. The van der Waals surface area contributed by atoms with Crippen LogP contribution in [0.25, 0.3) is 0 Å². The van der Waals surface area contributed by atoms with Crippen LogP contribution in [0.3, 0.4) is 0 Å². The second-order valence-corrected chi connectivity index (χ2v) is 9.27. The Morgan fingerprint density at radius 2 is 1.24 bits per heavy atom. The maximum Gasteiger partial charge on any atom is 0.217 e. The Hall–Kier alpha value is -1.09. The van der Waals surface area contributed by atoms with Gasteiger partial charge in [-0.3, -0.25) is 4.79 Å². The molecule has 16 heteroatoms. The normalized spacial score (nSPS) is 49.0. The number of nitrogens with one attached hydrogen (secondary N) is 1. The zero-order chi connectivity index (χ0) is 27.6. The van der Waals surface area contributed by atoms with E-state index in [-0.39, 0.29) is 0 Å². The van der Waals surface area contributed by atoms with E-state index in [1.807, 2.05) is 0 Å². The number of methoxy groups -OCH3 is 1. The summed E-state index contributed by atoms with van der Waals surface area (Å²) in [6, 6.07) is -1.17. The molecule has 0 radical (unpaired) electrons. The average molecular weight is 544 g/mol. The minimum Gasteiger partial charge on any atom is -0.394 e. The lowest BCUT2D eigenvalue weighted by Crippen LogP contribution is -2.69. The van der Waals surface area contributed by atoms with Gasteiger partial charge in [0.2, 0.25) is 5.91 Å². The van der Waals surface area contributed by atoms with Crippen molar-refractivity contribution < 1.29 is 74.1 Å². The van der Waals surface area contributed by atoms with E-state index in [1.54, 1.807) is 0 Å². The summed E-state index contributed by atoms with van der Waals surface area (Å²) >= 11 is 0. The fourth-order valence-electron chi connectivity index (χ4n) is 4.58. The third-order valence-corrected chi connectivity index (χ3v) is 6.67. The maximum absolute atomic E-state index is 12.0. The van der Waals surface area contributed by atoms with E-state index in [9.17, 15) is 45.6 Å². The van der Waals surface area contributed by atoms with Gasteiger partial charge in [-0.05, 0) is 6.92 Å². The SMILES string of the molecule is CO[C@@H]1OC(CO)[C@H](O[C@@H]2OC(CO)[C@H](O)C(O)C2O)C(O[C@@H]2OC(C)[C@H](O)C(O)C2O)C1NC(C)=O. The Morgan fingerprint density at radius 1 is 0.730 bits per heavy atom. The minimum atomic E-state index is -1.81. The first-order valence-corrected chi connectivity index (χ1v) is 11.8. The van der Waals surface area contributed by atoms with Crippen LogP contribution in [-0.2, 0) is 33.2 Å². The Labute approximate surface area is 212 Å². The average Bonchev–Trinajstić information content (AvgIpc) is 2.87. The molecule has 3 saturated heterocycles. The van der Waals surface area contributed by atoms with Gasteiger partial charge in [-0.2, -0.15) is 0 Å². The van der Waals surface area contributed by atoms with Gasteiger partial charge in [0.25, 0.3) is 0 Å². The molecule has 0 aromatic heterocycles. The lowest BCUT2D eigenvalue weighted by atomic mass is 9.94. The number of hydrogen-bond donors (Lipinski definition) is 9. The largest absolute Gasteiger partial charge is 0.394 e. The van der Waals surface area contributed by atoms with E-state index in [0.717, 1.165) is 0 Å². The van der Waals surface area contributed by atoms with Crippen LogP contribution in [0.15, 0.2) is 0 Å². The number of amides is 1. The fourth-order valence-corrected chi connectivity index (χ4v) is 4.58. The molecule has 15 atom stereocenters. The van der Waals surface area contributed by atoms with Crippen LogP contribution in [0.2, 0.25) is 0 Å². The van der Waals surface area contributed by atoms with Crippen molar-refractivity contribution in [2.45, 2.75) is 106 Å². The molecule has 3 aliphatic rings. The van der Waals surface area contributed by atoms with E-state index in [4.69, 9.17) is 28.4 Å². The Balaban J connectivity index is 1.95. The highest BCUT2D eigenvalue weighted by atomic mass is 16.8. The monoisotopic (exact) mass is 543 g/mol. The predicted molar refractivity (Wildman–Crippen MR) is 116 cm³/mol. The van der Waals surface area contributed by atoms with Crippen molar-refractivity contribution in [2.75, 3.05) is 20.3 Å². The van der Waals surface area contributed by atoms with Crippen molar-refractivity contribution in [1.29, 1.82) is 0 Å². The first kappa shape index (κ1) is 30.5. The molecule has 3 rings (SSSR count). The molecule has 3 fully saturated rings. The summed E-state index contributed by atoms with van der Waals surface area (Å²) in [4.78, 5) is 12.0. The van der Waals surface area contributed by atoms with Gasteiger partial charge in [-0.1, -0.05) is 0 Å². The Morgan fingerprint density at radius 3 is 1.78 bits per heavy atom. The van der Waals surface area contributed by atoms with Crippen molar-refractivity contribution in [1.82, 2.24) is 5.32 Å². The molecule has 9 unspecified atom stereocenters. The van der Waals surface area contributed by atoms with E-state index >= 15 is 0 Å². The first-order chi connectivity index (χ1) is 17.4. The topological polar surface area (TPSA) is 246 Å². The van der Waals surface area contributed by atoms with Gasteiger partial charge in [-0.25, -0.2) is 0 Å². The predicted octanol–water partition coefficient (Wildman–Crippen LogP) is -5.75. The van der Waals surface area contributed by atoms with E-state index in [2.05, 4.69) is 5.32 Å². The zero-order valence-electron chi connectivity index (χ0n) is 20.5. The highest BCUT2D eigenvalue weighted by Gasteiger charge is 2.54. The first-order valence-electron chi connectivity index (χ1n) is 11.8. The van der Waals surface area contributed by atoms with Gasteiger partial charge < -0.3 is 74.6 Å². The second kappa shape index (κ2) is 12.8. The second-order valence-electron chi connectivity index (χ2n) is 9.27. The molecule has 0 aromatic rings. The van der Waals surface area contributed by atoms with E-state index in [1.165, 1.54) is 21.0 Å². The van der Waals surface area contributed by atoms with Crippen LogP contribution in [-0.4, -0.2) is 159 Å². The van der Waals surface area contributed by atoms with Crippen molar-refractivity contribution in [3.63, 3.8) is 0 Å². The van der Waals surface area contributed by atoms with Crippen LogP contribution < -0.4 is 5.32 Å². The minimum absolute atomic E-state index is 0.549. The number of rotatable bonds is 8. The molecule has 0 aliphatic carbocycles. The lowest BCUT2D eigenvalue weighted by molar-refractivity contribution is -0.372. The molecule has 9 N–H and O–H groups in total. The summed E-state index contributed by atoms with van der Waals surface area (Å²) in [6.45, 7) is 1.21. The van der Waals surface area contributed by atoms with E-state index < -0.39 is 111 Å². The molecule has 16 nitrogen and oxygen atoms in total. The molecule has 37 heavy (non-hydrogen) atoms. The van der Waals surface area contributed by atoms with Crippen LogP contribution >= 0.6 is 0 Å². The number of carbonyl (C=O) groups excluding carboxylic acids is 1. The summed E-state index contributed by atoms with van der Waals surface area (Å²) in [6.07, 6.45) is -20.8. The Kier molecular flexibility index (Phi) is 10.6. The third kappa shape index (κ3) is 6.39. The van der Waals surface area contributed by atoms with Gasteiger partial charge in [0.05, 0.1) is 19.3 Å². The van der Waals surface area contributed by atoms with Crippen LogP contribution in [0, 0.1) is 0 Å². The number of ether oxygens (including phenoxy) is 6. The summed E-state index contributed by atoms with van der Waals surface area (Å²) in [5.74, 6) is -0.549. The molecule has 0 saturated carbocycles. The summed E-state index contributed by atoms with van der Waals surface area (Å²) in [7, 11) is 1.26. The van der Waals surface area contributed by atoms with Crippen molar-refractivity contribution >= 4 is 5.91 Å². The van der Waals surface area contributed by atoms with Crippen molar-refractivity contribution in [3.05, 3.63) is 0 Å². The molecule has 1 amide bonds. The lowest BCUT2D eigenvalue weighted by Gasteiger charge is -2.50. The maximum atomic E-state index is 12.0. The van der Waals surface area contributed by atoms with Gasteiger partial charge in [-0.15, -0.1) is 0 Å². The molecular weight excluding hydrogens is 506 g/mol. The van der Waals surface area contributed by atoms with Gasteiger partial charge in [0, 0.05) is 14.0 Å². The molecule has 0 bridgehead atoms. The molecule has 3 aliphatic heterocycles. The molecule has 3 heterocycles. The number of carbonyl (C=O) groups is 1. The number of hydrogen-bond acceptors (Lipinski definition) is 15. The molecule has 0 spiro atoms. The summed E-state index contributed by atoms with van der Waals surface area (Å²) in [5.41, 5.74) is 0. The van der Waals surface area contributed by atoms with Crippen LogP contribution in [0.4, 0.5) is 0 Å². The highest BCUT2D eigenvalue weighted by molar-refractivity contribution is 5.73. The third-order valence-electron chi connectivity index (χ3n) is 6.67. The smallest absolute Gasteiger partial charge is 0.217 e. The number of aliphatic hydroxyl groups excluding tert-OH is 8. The molecule has 216 valence electrons. The van der Waals surface area contributed by atoms with Crippen LogP contribution in [0.5, 0.6) is 0 Å². The van der Waals surface area contributed by atoms with Gasteiger partial charge >= 0.3 is 0 Å². The zero-order valence-corrected chi connectivity index (χ0v) is 20.5. The summed E-state index contributed by atoms with van der Waals surface area (Å²) < 4.78 is 33.7. The van der Waals surface area contributed by atoms with Gasteiger partial charge in [0.1, 0.15) is 67.1 Å².